The topological polar surface area (TPSA) is 78.4 Å². The Balaban J connectivity index is 3.41. The van der Waals surface area contributed by atoms with Crippen LogP contribution in [-0.2, 0) is 4.79 Å². The van der Waals surface area contributed by atoms with E-state index in [9.17, 15) is 9.59 Å². The van der Waals surface area contributed by atoms with E-state index in [0.717, 1.165) is 18.8 Å². The third-order valence-corrected chi connectivity index (χ3v) is 2.85. The van der Waals surface area contributed by atoms with E-state index in [0.29, 0.717) is 6.54 Å². The first kappa shape index (κ1) is 17.7. The van der Waals surface area contributed by atoms with Crippen LogP contribution in [-0.4, -0.2) is 29.7 Å². The molecule has 0 bridgehead atoms. The minimum absolute atomic E-state index is 0.0530. The lowest BCUT2D eigenvalue weighted by atomic mass is 10.0. The first-order chi connectivity index (χ1) is 8.91. The zero-order valence-corrected chi connectivity index (χ0v) is 12.4. The molecule has 5 nitrogen and oxygen atoms in total. The molecule has 0 spiro atoms. The Morgan fingerprint density at radius 3 is 2.26 bits per heavy atom. The molecule has 2 amide bonds. The summed E-state index contributed by atoms with van der Waals surface area (Å²) >= 11 is 0. The average molecular weight is 272 g/mol. The van der Waals surface area contributed by atoms with Crippen molar-refractivity contribution in [2.75, 3.05) is 6.54 Å². The molecule has 1 atom stereocenters. The summed E-state index contributed by atoms with van der Waals surface area (Å²) in [4.78, 5) is 21.8. The molecule has 0 fully saturated rings. The van der Waals surface area contributed by atoms with Gasteiger partial charge in [-0.1, -0.05) is 39.5 Å². The summed E-state index contributed by atoms with van der Waals surface area (Å²) in [6.45, 7) is 6.78. The fraction of sp³-hybridized carbons (Fsp3) is 0.857. The minimum atomic E-state index is -0.905. The lowest BCUT2D eigenvalue weighted by molar-refractivity contribution is -0.137. The van der Waals surface area contributed by atoms with Crippen molar-refractivity contribution in [1.82, 2.24) is 10.6 Å². The smallest absolute Gasteiger partial charge is 0.315 e. The number of unbranched alkanes of at least 4 members (excludes halogenated alkanes) is 3. The SMILES string of the molecule is CC(C)CCCCCCNC(=O)NC(C)CC(=O)O. The van der Waals surface area contributed by atoms with Crippen molar-refractivity contribution in [3.05, 3.63) is 0 Å². The Morgan fingerprint density at radius 2 is 1.68 bits per heavy atom. The number of carbonyl (C=O) groups is 2. The van der Waals surface area contributed by atoms with Crippen molar-refractivity contribution < 1.29 is 14.7 Å². The van der Waals surface area contributed by atoms with Crippen molar-refractivity contribution in [2.45, 2.75) is 65.3 Å². The summed E-state index contributed by atoms with van der Waals surface area (Å²) in [6.07, 6.45) is 5.76. The van der Waals surface area contributed by atoms with E-state index in [1.54, 1.807) is 6.92 Å². The third kappa shape index (κ3) is 13.0. The number of rotatable bonds is 10. The van der Waals surface area contributed by atoms with Crippen molar-refractivity contribution in [3.63, 3.8) is 0 Å². The van der Waals surface area contributed by atoms with Gasteiger partial charge in [0.1, 0.15) is 0 Å². The molecule has 0 aromatic rings. The predicted octanol–water partition coefficient (Wildman–Crippen LogP) is 2.76. The number of aliphatic carboxylic acids is 1. The van der Waals surface area contributed by atoms with Gasteiger partial charge in [-0.2, -0.15) is 0 Å². The molecule has 0 aliphatic rings. The molecule has 1 unspecified atom stereocenters. The van der Waals surface area contributed by atoms with E-state index in [-0.39, 0.29) is 18.5 Å². The number of urea groups is 1. The molecule has 0 radical (unpaired) electrons. The normalized spacial score (nSPS) is 12.2. The highest BCUT2D eigenvalue weighted by atomic mass is 16.4. The highest BCUT2D eigenvalue weighted by Crippen LogP contribution is 2.08. The van der Waals surface area contributed by atoms with Crippen LogP contribution in [0.25, 0.3) is 0 Å². The maximum atomic E-state index is 11.4. The molecule has 3 N–H and O–H groups in total. The largest absolute Gasteiger partial charge is 0.481 e. The molecule has 0 saturated carbocycles. The van der Waals surface area contributed by atoms with Gasteiger partial charge in [-0.15, -0.1) is 0 Å². The maximum Gasteiger partial charge on any atom is 0.315 e. The second kappa shape index (κ2) is 10.6. The van der Waals surface area contributed by atoms with Gasteiger partial charge in [-0.25, -0.2) is 4.79 Å². The molecule has 0 rings (SSSR count). The summed E-state index contributed by atoms with van der Waals surface area (Å²) in [5, 5.41) is 13.9. The Hall–Kier alpha value is -1.26. The molecule has 0 heterocycles. The molecule has 5 heteroatoms. The lowest BCUT2D eigenvalue weighted by Gasteiger charge is -2.12. The summed E-state index contributed by atoms with van der Waals surface area (Å²) in [6, 6.07) is -0.625. The second-order valence-corrected chi connectivity index (χ2v) is 5.50. The first-order valence-electron chi connectivity index (χ1n) is 7.18. The fourth-order valence-electron chi connectivity index (χ4n) is 1.82. The van der Waals surface area contributed by atoms with Gasteiger partial charge in [0.05, 0.1) is 6.42 Å². The number of hydrogen-bond donors (Lipinski definition) is 3. The van der Waals surface area contributed by atoms with E-state index in [1.807, 2.05) is 0 Å². The Morgan fingerprint density at radius 1 is 1.05 bits per heavy atom. The van der Waals surface area contributed by atoms with Crippen LogP contribution in [0.3, 0.4) is 0 Å². The number of amides is 2. The summed E-state index contributed by atoms with van der Waals surface area (Å²) in [5.74, 6) is -0.141. The Labute approximate surface area is 116 Å². The van der Waals surface area contributed by atoms with Gasteiger partial charge in [0.15, 0.2) is 0 Å². The van der Waals surface area contributed by atoms with E-state index in [2.05, 4.69) is 24.5 Å². The monoisotopic (exact) mass is 272 g/mol. The number of carboxylic acid groups (broad SMARTS) is 1. The van der Waals surface area contributed by atoms with Gasteiger partial charge in [0.25, 0.3) is 0 Å². The summed E-state index contributed by atoms with van der Waals surface area (Å²) < 4.78 is 0. The van der Waals surface area contributed by atoms with Gasteiger partial charge in [-0.05, 0) is 19.3 Å². The zero-order valence-electron chi connectivity index (χ0n) is 12.4. The molecular formula is C14H28N2O3. The van der Waals surface area contributed by atoms with Gasteiger partial charge < -0.3 is 15.7 Å². The molecule has 19 heavy (non-hydrogen) atoms. The van der Waals surface area contributed by atoms with Crippen LogP contribution in [0.4, 0.5) is 4.79 Å². The number of carbonyl (C=O) groups excluding carboxylic acids is 1. The van der Waals surface area contributed by atoms with E-state index >= 15 is 0 Å². The van der Waals surface area contributed by atoms with Crippen molar-refractivity contribution in [3.8, 4) is 0 Å². The number of carboxylic acids is 1. The van der Waals surface area contributed by atoms with E-state index in [4.69, 9.17) is 5.11 Å². The van der Waals surface area contributed by atoms with Crippen LogP contribution < -0.4 is 10.6 Å². The van der Waals surface area contributed by atoms with Gasteiger partial charge in [0.2, 0.25) is 0 Å². The average Bonchev–Trinajstić information content (AvgIpc) is 2.25. The van der Waals surface area contributed by atoms with Crippen molar-refractivity contribution in [1.29, 1.82) is 0 Å². The standard InChI is InChI=1S/C14H28N2O3/c1-11(2)8-6-4-5-7-9-15-14(19)16-12(3)10-13(17)18/h11-12H,4-10H2,1-3H3,(H,17,18)(H2,15,16,19). The molecule has 112 valence electrons. The van der Waals surface area contributed by atoms with Crippen LogP contribution in [0, 0.1) is 5.92 Å². The highest BCUT2D eigenvalue weighted by molar-refractivity contribution is 5.75. The quantitative estimate of drug-likeness (QED) is 0.535. The van der Waals surface area contributed by atoms with Crippen LogP contribution in [0.15, 0.2) is 0 Å². The lowest BCUT2D eigenvalue weighted by Crippen LogP contribution is -2.41. The van der Waals surface area contributed by atoms with E-state index in [1.165, 1.54) is 19.3 Å². The molecule has 0 aliphatic carbocycles. The van der Waals surface area contributed by atoms with Crippen molar-refractivity contribution in [2.24, 2.45) is 5.92 Å². The first-order valence-corrected chi connectivity index (χ1v) is 7.18. The van der Waals surface area contributed by atoms with Crippen LogP contribution in [0.5, 0.6) is 0 Å². The Kier molecular flexibility index (Phi) is 9.94. The van der Waals surface area contributed by atoms with Gasteiger partial charge in [-0.3, -0.25) is 4.79 Å². The van der Waals surface area contributed by atoms with Crippen LogP contribution in [0.2, 0.25) is 0 Å². The highest BCUT2D eigenvalue weighted by Gasteiger charge is 2.09. The number of hydrogen-bond acceptors (Lipinski definition) is 2. The van der Waals surface area contributed by atoms with E-state index < -0.39 is 5.97 Å². The zero-order chi connectivity index (χ0) is 14.7. The fourth-order valence-corrected chi connectivity index (χ4v) is 1.82. The summed E-state index contributed by atoms with van der Waals surface area (Å²) in [7, 11) is 0. The predicted molar refractivity (Wildman–Crippen MR) is 76.2 cm³/mol. The van der Waals surface area contributed by atoms with Gasteiger partial charge in [0, 0.05) is 12.6 Å². The molecule has 0 saturated heterocycles. The second-order valence-electron chi connectivity index (χ2n) is 5.50. The third-order valence-electron chi connectivity index (χ3n) is 2.85. The molecular weight excluding hydrogens is 244 g/mol. The molecule has 0 aromatic heterocycles. The Bertz CT molecular complexity index is 267. The summed E-state index contributed by atoms with van der Waals surface area (Å²) in [5.41, 5.74) is 0. The van der Waals surface area contributed by atoms with Crippen LogP contribution >= 0.6 is 0 Å². The maximum absolute atomic E-state index is 11.4. The van der Waals surface area contributed by atoms with Crippen LogP contribution in [0.1, 0.15) is 59.3 Å². The van der Waals surface area contributed by atoms with Gasteiger partial charge >= 0.3 is 12.0 Å². The van der Waals surface area contributed by atoms with Crippen molar-refractivity contribution >= 4 is 12.0 Å². The molecule has 0 aliphatic heterocycles. The molecule has 0 aromatic carbocycles. The number of nitrogens with one attached hydrogen (secondary N) is 2. The minimum Gasteiger partial charge on any atom is -0.481 e.